The van der Waals surface area contributed by atoms with E-state index in [9.17, 15) is 4.79 Å². The Morgan fingerprint density at radius 2 is 2.33 bits per heavy atom. The van der Waals surface area contributed by atoms with Crippen LogP contribution in [0.4, 0.5) is 0 Å². The van der Waals surface area contributed by atoms with Gasteiger partial charge in [-0.15, -0.1) is 11.8 Å². The molecule has 0 aliphatic carbocycles. The van der Waals surface area contributed by atoms with E-state index in [1.807, 2.05) is 12.1 Å². The average molecular weight is 328 g/mol. The Bertz CT molecular complexity index is 565. The van der Waals surface area contributed by atoms with E-state index in [2.05, 4.69) is 20.9 Å². The summed E-state index contributed by atoms with van der Waals surface area (Å²) < 4.78 is 6.07. The molecule has 18 heavy (non-hydrogen) atoms. The molecular weight excluding hydrogens is 318 g/mol. The number of pyridine rings is 1. The molecule has 0 bridgehead atoms. The second kappa shape index (κ2) is 5.58. The van der Waals surface area contributed by atoms with Gasteiger partial charge < -0.3 is 9.52 Å². The van der Waals surface area contributed by atoms with E-state index in [-0.39, 0.29) is 5.76 Å². The Hall–Kier alpha value is -1.27. The van der Waals surface area contributed by atoms with E-state index in [1.54, 1.807) is 19.2 Å². The van der Waals surface area contributed by atoms with E-state index in [4.69, 9.17) is 9.52 Å². The van der Waals surface area contributed by atoms with Crippen LogP contribution in [0.2, 0.25) is 0 Å². The van der Waals surface area contributed by atoms with Crippen molar-refractivity contribution in [2.75, 3.05) is 0 Å². The van der Waals surface area contributed by atoms with Gasteiger partial charge in [-0.3, -0.25) is 0 Å². The number of aromatic nitrogens is 1. The molecule has 2 aromatic heterocycles. The Morgan fingerprint density at radius 3 is 2.89 bits per heavy atom. The molecule has 94 valence electrons. The number of carboxylic acids is 1. The predicted molar refractivity (Wildman–Crippen MR) is 71.9 cm³/mol. The summed E-state index contributed by atoms with van der Waals surface area (Å²) in [5, 5.41) is 9.71. The van der Waals surface area contributed by atoms with Crippen molar-refractivity contribution < 1.29 is 14.3 Å². The standard InChI is InChI=1S/C12H10BrNO3S/c1-7-8(4-10(17-7)12(15)16)6-18-11-3-2-9(13)5-14-11/h2-5H,6H2,1H3,(H,15,16). The molecule has 0 fully saturated rings. The van der Waals surface area contributed by atoms with Gasteiger partial charge in [0, 0.05) is 22.0 Å². The van der Waals surface area contributed by atoms with E-state index >= 15 is 0 Å². The van der Waals surface area contributed by atoms with Gasteiger partial charge in [-0.1, -0.05) is 0 Å². The van der Waals surface area contributed by atoms with Gasteiger partial charge in [-0.05, 0) is 41.1 Å². The number of carboxylic acid groups (broad SMARTS) is 1. The molecular formula is C12H10BrNO3S. The fourth-order valence-electron chi connectivity index (χ4n) is 1.37. The minimum atomic E-state index is -1.05. The topological polar surface area (TPSA) is 63.3 Å². The maximum absolute atomic E-state index is 10.8. The first-order valence-electron chi connectivity index (χ1n) is 5.13. The fourth-order valence-corrected chi connectivity index (χ4v) is 2.48. The number of nitrogens with zero attached hydrogens (tertiary/aromatic N) is 1. The van der Waals surface area contributed by atoms with Crippen molar-refractivity contribution in [3.8, 4) is 0 Å². The molecule has 0 saturated heterocycles. The molecule has 0 aromatic carbocycles. The number of hydrogen-bond donors (Lipinski definition) is 1. The van der Waals surface area contributed by atoms with Crippen LogP contribution in [0.25, 0.3) is 0 Å². The van der Waals surface area contributed by atoms with Crippen molar-refractivity contribution in [3.05, 3.63) is 46.0 Å². The summed E-state index contributed by atoms with van der Waals surface area (Å²) in [6, 6.07) is 5.38. The second-order valence-corrected chi connectivity index (χ2v) is 5.51. The fraction of sp³-hybridized carbons (Fsp3) is 0.167. The summed E-state index contributed by atoms with van der Waals surface area (Å²) in [7, 11) is 0. The largest absolute Gasteiger partial charge is 0.475 e. The zero-order chi connectivity index (χ0) is 13.1. The lowest BCUT2D eigenvalue weighted by Gasteiger charge is -1.99. The van der Waals surface area contributed by atoms with Gasteiger partial charge in [0.25, 0.3) is 0 Å². The molecule has 0 saturated carbocycles. The molecule has 6 heteroatoms. The number of aromatic carboxylic acids is 1. The van der Waals surface area contributed by atoms with E-state index in [0.717, 1.165) is 15.1 Å². The maximum Gasteiger partial charge on any atom is 0.371 e. The molecule has 2 rings (SSSR count). The Labute approximate surface area is 117 Å². The van der Waals surface area contributed by atoms with Crippen LogP contribution in [0.5, 0.6) is 0 Å². The Morgan fingerprint density at radius 1 is 1.56 bits per heavy atom. The van der Waals surface area contributed by atoms with Crippen molar-refractivity contribution in [1.82, 2.24) is 4.98 Å². The number of furan rings is 1. The number of carbonyl (C=O) groups is 1. The third-order valence-electron chi connectivity index (χ3n) is 2.31. The van der Waals surface area contributed by atoms with E-state index < -0.39 is 5.97 Å². The third-order valence-corrected chi connectivity index (χ3v) is 3.77. The molecule has 0 unspecified atom stereocenters. The van der Waals surface area contributed by atoms with Gasteiger partial charge in [0.2, 0.25) is 5.76 Å². The predicted octanol–water partition coefficient (Wildman–Crippen LogP) is 3.74. The molecule has 2 aromatic rings. The number of hydrogen-bond acceptors (Lipinski definition) is 4. The molecule has 0 radical (unpaired) electrons. The van der Waals surface area contributed by atoms with Crippen molar-refractivity contribution in [2.24, 2.45) is 0 Å². The Kier molecular flexibility index (Phi) is 4.08. The lowest BCUT2D eigenvalue weighted by atomic mass is 10.3. The van der Waals surface area contributed by atoms with Crippen LogP contribution in [0.15, 0.2) is 38.3 Å². The number of thioether (sulfide) groups is 1. The molecule has 0 amide bonds. The monoisotopic (exact) mass is 327 g/mol. The first-order valence-corrected chi connectivity index (χ1v) is 6.91. The summed E-state index contributed by atoms with van der Waals surface area (Å²) in [5.74, 6) is 0.206. The second-order valence-electron chi connectivity index (χ2n) is 3.60. The van der Waals surface area contributed by atoms with E-state index in [0.29, 0.717) is 11.5 Å². The van der Waals surface area contributed by atoms with Crippen molar-refractivity contribution in [2.45, 2.75) is 17.7 Å². The molecule has 0 aliphatic heterocycles. The van der Waals surface area contributed by atoms with Gasteiger partial charge in [0.1, 0.15) is 5.76 Å². The molecule has 0 aliphatic rings. The first-order chi connectivity index (χ1) is 8.56. The summed E-state index contributed by atoms with van der Waals surface area (Å²) in [6.45, 7) is 1.76. The number of halogens is 1. The van der Waals surface area contributed by atoms with Crippen molar-refractivity contribution in [3.63, 3.8) is 0 Å². The van der Waals surface area contributed by atoms with Gasteiger partial charge in [-0.2, -0.15) is 0 Å². The quantitative estimate of drug-likeness (QED) is 0.866. The highest BCUT2D eigenvalue weighted by atomic mass is 79.9. The van der Waals surface area contributed by atoms with Crippen LogP contribution in [-0.2, 0) is 5.75 Å². The average Bonchev–Trinajstić information content (AvgIpc) is 2.70. The lowest BCUT2D eigenvalue weighted by Crippen LogP contribution is -1.91. The molecule has 0 spiro atoms. The van der Waals surface area contributed by atoms with Crippen LogP contribution in [0.3, 0.4) is 0 Å². The third kappa shape index (κ3) is 3.14. The number of rotatable bonds is 4. The molecule has 0 atom stereocenters. The van der Waals surface area contributed by atoms with Gasteiger partial charge in [-0.25, -0.2) is 9.78 Å². The van der Waals surface area contributed by atoms with Crippen molar-refractivity contribution in [1.29, 1.82) is 0 Å². The normalized spacial score (nSPS) is 10.6. The van der Waals surface area contributed by atoms with Crippen LogP contribution >= 0.6 is 27.7 Å². The molecule has 4 nitrogen and oxygen atoms in total. The van der Waals surface area contributed by atoms with Crippen LogP contribution in [0.1, 0.15) is 21.9 Å². The SMILES string of the molecule is Cc1oc(C(=O)O)cc1CSc1ccc(Br)cn1. The maximum atomic E-state index is 10.8. The summed E-state index contributed by atoms with van der Waals surface area (Å²) >= 11 is 4.86. The minimum absolute atomic E-state index is 0.0214. The lowest BCUT2D eigenvalue weighted by molar-refractivity contribution is 0.0661. The Balaban J connectivity index is 2.06. The first kappa shape index (κ1) is 13.2. The summed E-state index contributed by atoms with van der Waals surface area (Å²) in [6.07, 6.45) is 1.73. The summed E-state index contributed by atoms with van der Waals surface area (Å²) in [5.41, 5.74) is 0.877. The summed E-state index contributed by atoms with van der Waals surface area (Å²) in [4.78, 5) is 15.0. The van der Waals surface area contributed by atoms with Crippen molar-refractivity contribution >= 4 is 33.7 Å². The highest BCUT2D eigenvalue weighted by Crippen LogP contribution is 2.25. The highest BCUT2D eigenvalue weighted by Gasteiger charge is 2.13. The van der Waals surface area contributed by atoms with Gasteiger partial charge in [0.05, 0.1) is 5.03 Å². The van der Waals surface area contributed by atoms with E-state index in [1.165, 1.54) is 11.8 Å². The smallest absolute Gasteiger partial charge is 0.371 e. The van der Waals surface area contributed by atoms with Gasteiger partial charge in [0.15, 0.2) is 0 Å². The molecule has 2 heterocycles. The van der Waals surface area contributed by atoms with Crippen LogP contribution < -0.4 is 0 Å². The molecule has 1 N–H and O–H groups in total. The van der Waals surface area contributed by atoms with Crippen LogP contribution in [-0.4, -0.2) is 16.1 Å². The minimum Gasteiger partial charge on any atom is -0.475 e. The highest BCUT2D eigenvalue weighted by molar-refractivity contribution is 9.10. The van der Waals surface area contributed by atoms with Crippen LogP contribution in [0, 0.1) is 6.92 Å². The zero-order valence-electron chi connectivity index (χ0n) is 9.51. The number of aryl methyl sites for hydroxylation is 1. The van der Waals surface area contributed by atoms with Gasteiger partial charge >= 0.3 is 5.97 Å². The zero-order valence-corrected chi connectivity index (χ0v) is 11.9.